The molecule has 0 unspecified atom stereocenters. The molecule has 0 aliphatic rings. The predicted octanol–water partition coefficient (Wildman–Crippen LogP) is 1.51. The van der Waals surface area contributed by atoms with E-state index < -0.39 is 0 Å². The molecule has 0 spiro atoms. The molecule has 1 heterocycles. The van der Waals surface area contributed by atoms with E-state index >= 15 is 0 Å². The van der Waals surface area contributed by atoms with Gasteiger partial charge in [0.1, 0.15) is 5.76 Å². The lowest BCUT2D eigenvalue weighted by molar-refractivity contribution is 0.332. The Morgan fingerprint density at radius 2 is 2.64 bits per heavy atom. The molecular formula is C8H9NO2. The molecule has 1 aromatic heterocycles. The van der Waals surface area contributed by atoms with Gasteiger partial charge in [-0.15, -0.1) is 12.3 Å². The minimum Gasteiger partial charge on any atom is -0.491 e. The third-order valence-corrected chi connectivity index (χ3v) is 1.43. The Balaban J connectivity index is 2.70. The minimum atomic E-state index is -0.0936. The molecule has 0 bridgehead atoms. The number of hydrogen-bond donors (Lipinski definition) is 1. The number of aromatic nitrogens is 1. The Bertz CT molecular complexity index is 272. The first-order chi connectivity index (χ1) is 5.24. The summed E-state index contributed by atoms with van der Waals surface area (Å²) in [5.74, 6) is 3.16. The van der Waals surface area contributed by atoms with Crippen molar-refractivity contribution >= 4 is 0 Å². The van der Waals surface area contributed by atoms with Crippen molar-refractivity contribution in [1.29, 1.82) is 0 Å². The van der Waals surface area contributed by atoms with E-state index in [-0.39, 0.29) is 11.8 Å². The van der Waals surface area contributed by atoms with E-state index in [0.29, 0.717) is 12.2 Å². The lowest BCUT2D eigenvalue weighted by Gasteiger charge is -1.98. The summed E-state index contributed by atoms with van der Waals surface area (Å²) in [6, 6.07) is 1.47. The van der Waals surface area contributed by atoms with Crippen molar-refractivity contribution in [2.75, 3.05) is 0 Å². The lowest BCUT2D eigenvalue weighted by atomic mass is 10.1. The summed E-state index contributed by atoms with van der Waals surface area (Å²) in [6.07, 6.45) is 5.69. The fourth-order valence-corrected chi connectivity index (χ4v) is 0.789. The van der Waals surface area contributed by atoms with Gasteiger partial charge in [0.25, 0.3) is 5.88 Å². The van der Waals surface area contributed by atoms with Crippen LogP contribution in [0.25, 0.3) is 0 Å². The van der Waals surface area contributed by atoms with Gasteiger partial charge in [-0.25, -0.2) is 0 Å². The van der Waals surface area contributed by atoms with Crippen molar-refractivity contribution in [1.82, 2.24) is 5.16 Å². The van der Waals surface area contributed by atoms with E-state index in [1.807, 2.05) is 6.92 Å². The van der Waals surface area contributed by atoms with Crippen molar-refractivity contribution in [3.8, 4) is 18.2 Å². The van der Waals surface area contributed by atoms with Gasteiger partial charge in [-0.3, -0.25) is 0 Å². The Hall–Kier alpha value is -1.43. The van der Waals surface area contributed by atoms with E-state index in [0.717, 1.165) is 0 Å². The van der Waals surface area contributed by atoms with Crippen LogP contribution in [0.5, 0.6) is 5.88 Å². The van der Waals surface area contributed by atoms with Gasteiger partial charge in [0, 0.05) is 18.4 Å². The zero-order valence-electron chi connectivity index (χ0n) is 6.24. The molecule has 0 saturated heterocycles. The van der Waals surface area contributed by atoms with E-state index in [2.05, 4.69) is 11.1 Å². The summed E-state index contributed by atoms with van der Waals surface area (Å²) >= 11 is 0. The van der Waals surface area contributed by atoms with Gasteiger partial charge < -0.3 is 9.63 Å². The molecule has 1 N–H and O–H groups in total. The van der Waals surface area contributed by atoms with Crippen LogP contribution in [0, 0.1) is 12.3 Å². The first-order valence-corrected chi connectivity index (χ1v) is 3.33. The largest absolute Gasteiger partial charge is 0.491 e. The van der Waals surface area contributed by atoms with Crippen molar-refractivity contribution < 1.29 is 9.63 Å². The van der Waals surface area contributed by atoms with Crippen LogP contribution in [0.15, 0.2) is 10.6 Å². The summed E-state index contributed by atoms with van der Waals surface area (Å²) in [5, 5.41) is 12.1. The Morgan fingerprint density at radius 3 is 3.09 bits per heavy atom. The highest BCUT2D eigenvalue weighted by Gasteiger charge is 2.09. The maximum Gasteiger partial charge on any atom is 0.251 e. The zero-order valence-corrected chi connectivity index (χ0v) is 6.24. The summed E-state index contributed by atoms with van der Waals surface area (Å²) < 4.78 is 4.78. The normalized spacial score (nSPS) is 12.4. The van der Waals surface area contributed by atoms with Gasteiger partial charge in [-0.2, -0.15) is 0 Å². The van der Waals surface area contributed by atoms with Crippen molar-refractivity contribution in [2.45, 2.75) is 19.3 Å². The molecule has 0 amide bonds. The molecule has 0 saturated carbocycles. The molecule has 3 heteroatoms. The molecule has 1 aromatic rings. The Kier molecular flexibility index (Phi) is 2.17. The predicted molar refractivity (Wildman–Crippen MR) is 40.0 cm³/mol. The molecule has 3 nitrogen and oxygen atoms in total. The molecule has 0 radical (unpaired) electrons. The fraction of sp³-hybridized carbons (Fsp3) is 0.375. The Morgan fingerprint density at radius 1 is 1.91 bits per heavy atom. The summed E-state index contributed by atoms with van der Waals surface area (Å²) in [5.41, 5.74) is 0. The molecule has 11 heavy (non-hydrogen) atoms. The molecule has 0 aliphatic heterocycles. The molecule has 0 aromatic carbocycles. The minimum absolute atomic E-state index is 0.0936. The van der Waals surface area contributed by atoms with Crippen LogP contribution >= 0.6 is 0 Å². The second-order valence-corrected chi connectivity index (χ2v) is 2.40. The third kappa shape index (κ3) is 1.74. The SMILES string of the molecule is C#CC[C@H](C)c1cc(O)no1. The summed E-state index contributed by atoms with van der Waals surface area (Å²) in [4.78, 5) is 0. The van der Waals surface area contributed by atoms with Gasteiger partial charge in [0.2, 0.25) is 0 Å². The molecule has 0 aliphatic carbocycles. The number of terminal acetylenes is 1. The van der Waals surface area contributed by atoms with Crippen LogP contribution < -0.4 is 0 Å². The first kappa shape index (κ1) is 7.67. The maximum atomic E-state index is 8.81. The van der Waals surface area contributed by atoms with Crippen LogP contribution in [-0.4, -0.2) is 10.3 Å². The zero-order chi connectivity index (χ0) is 8.27. The van der Waals surface area contributed by atoms with Crippen LogP contribution in [0.4, 0.5) is 0 Å². The number of nitrogens with zero attached hydrogens (tertiary/aromatic N) is 1. The highest BCUT2D eigenvalue weighted by Crippen LogP contribution is 2.21. The topological polar surface area (TPSA) is 46.3 Å². The van der Waals surface area contributed by atoms with Crippen LogP contribution in [0.2, 0.25) is 0 Å². The van der Waals surface area contributed by atoms with E-state index in [1.54, 1.807) is 0 Å². The molecule has 1 rings (SSSR count). The second-order valence-electron chi connectivity index (χ2n) is 2.40. The first-order valence-electron chi connectivity index (χ1n) is 3.33. The van der Waals surface area contributed by atoms with Gasteiger partial charge in [-0.05, 0) is 5.16 Å². The van der Waals surface area contributed by atoms with Gasteiger partial charge in [0.05, 0.1) is 0 Å². The average molecular weight is 151 g/mol. The van der Waals surface area contributed by atoms with Crippen LogP contribution in [0.3, 0.4) is 0 Å². The summed E-state index contributed by atoms with van der Waals surface area (Å²) in [7, 11) is 0. The van der Waals surface area contributed by atoms with Crippen molar-refractivity contribution in [3.63, 3.8) is 0 Å². The van der Waals surface area contributed by atoms with Crippen LogP contribution in [0.1, 0.15) is 25.0 Å². The quantitative estimate of drug-likeness (QED) is 0.651. The Labute approximate surface area is 65.0 Å². The lowest BCUT2D eigenvalue weighted by Crippen LogP contribution is -1.87. The van der Waals surface area contributed by atoms with Crippen molar-refractivity contribution in [3.05, 3.63) is 11.8 Å². The smallest absolute Gasteiger partial charge is 0.251 e. The number of aromatic hydroxyl groups is 1. The van der Waals surface area contributed by atoms with Gasteiger partial charge >= 0.3 is 0 Å². The van der Waals surface area contributed by atoms with Gasteiger partial charge in [-0.1, -0.05) is 6.92 Å². The van der Waals surface area contributed by atoms with E-state index in [4.69, 9.17) is 16.1 Å². The summed E-state index contributed by atoms with van der Waals surface area (Å²) in [6.45, 7) is 1.92. The average Bonchev–Trinajstić information content (AvgIpc) is 2.36. The molecular weight excluding hydrogens is 142 g/mol. The molecule has 0 fully saturated rings. The number of rotatable bonds is 2. The standard InChI is InChI=1S/C8H9NO2/c1-3-4-6(2)7-5-8(10)9-11-7/h1,5-6H,4H2,2H3,(H,9,10)/t6-/m0/s1. The third-order valence-electron chi connectivity index (χ3n) is 1.43. The van der Waals surface area contributed by atoms with Gasteiger partial charge in [0.15, 0.2) is 0 Å². The second kappa shape index (κ2) is 3.11. The monoisotopic (exact) mass is 151 g/mol. The van der Waals surface area contributed by atoms with E-state index in [9.17, 15) is 0 Å². The molecule has 58 valence electrons. The highest BCUT2D eigenvalue weighted by molar-refractivity contribution is 5.13. The number of hydrogen-bond acceptors (Lipinski definition) is 3. The highest BCUT2D eigenvalue weighted by atomic mass is 16.5. The maximum absolute atomic E-state index is 8.81. The van der Waals surface area contributed by atoms with E-state index in [1.165, 1.54) is 6.07 Å². The van der Waals surface area contributed by atoms with Crippen LogP contribution in [-0.2, 0) is 0 Å². The fourth-order valence-electron chi connectivity index (χ4n) is 0.789. The molecule has 1 atom stereocenters. The van der Waals surface area contributed by atoms with Crippen molar-refractivity contribution in [2.24, 2.45) is 0 Å².